The average Bonchev–Trinajstić information content (AvgIpc) is 3.06. The highest BCUT2D eigenvalue weighted by molar-refractivity contribution is 6.46. The quantitative estimate of drug-likeness (QED) is 0.392. The summed E-state index contributed by atoms with van der Waals surface area (Å²) in [6, 6.07) is 11.1. The van der Waals surface area contributed by atoms with Crippen molar-refractivity contribution in [2.75, 3.05) is 27.9 Å². The van der Waals surface area contributed by atoms with Crippen LogP contribution in [0.25, 0.3) is 5.76 Å². The van der Waals surface area contributed by atoms with Crippen LogP contribution in [0.15, 0.2) is 48.0 Å². The number of ether oxygens (including phenoxy) is 3. The van der Waals surface area contributed by atoms with Crippen molar-refractivity contribution in [3.8, 4) is 17.2 Å². The number of hydrogen-bond donors (Lipinski definition) is 1. The van der Waals surface area contributed by atoms with Gasteiger partial charge < -0.3 is 24.2 Å². The lowest BCUT2D eigenvalue weighted by molar-refractivity contribution is -0.139. The second-order valence-corrected chi connectivity index (χ2v) is 7.18. The van der Waals surface area contributed by atoms with Crippen molar-refractivity contribution in [3.63, 3.8) is 0 Å². The largest absolute Gasteiger partial charge is 0.507 e. The lowest BCUT2D eigenvalue weighted by Crippen LogP contribution is -2.30. The summed E-state index contributed by atoms with van der Waals surface area (Å²) in [4.78, 5) is 27.4. The first-order chi connectivity index (χ1) is 15.0. The van der Waals surface area contributed by atoms with Crippen LogP contribution in [0.5, 0.6) is 17.2 Å². The van der Waals surface area contributed by atoms with E-state index in [4.69, 9.17) is 14.2 Å². The van der Waals surface area contributed by atoms with Gasteiger partial charge in [-0.25, -0.2) is 0 Å². The molecule has 1 saturated heterocycles. The van der Waals surface area contributed by atoms with Crippen LogP contribution in [0.1, 0.15) is 36.9 Å². The minimum atomic E-state index is -0.769. The number of benzene rings is 2. The predicted octanol–water partition coefficient (Wildman–Crippen LogP) is 3.93. The highest BCUT2D eigenvalue weighted by atomic mass is 16.5. The van der Waals surface area contributed by atoms with Crippen molar-refractivity contribution in [2.45, 2.75) is 25.8 Å². The first-order valence-corrected chi connectivity index (χ1v) is 10.1. The summed E-state index contributed by atoms with van der Waals surface area (Å²) in [6.45, 7) is 2.40. The molecular weight excluding hydrogens is 398 g/mol. The minimum absolute atomic E-state index is 0.0368. The van der Waals surface area contributed by atoms with E-state index in [0.29, 0.717) is 34.9 Å². The number of likely N-dealkylation sites (tertiary alicyclic amines) is 1. The van der Waals surface area contributed by atoms with E-state index in [-0.39, 0.29) is 11.3 Å². The molecule has 7 nitrogen and oxygen atoms in total. The van der Waals surface area contributed by atoms with Gasteiger partial charge in [0.05, 0.1) is 32.9 Å². The molecule has 164 valence electrons. The molecule has 1 unspecified atom stereocenters. The SMILES string of the molecule is CCCCN1C(=O)C(=O)/C(=C(/O)c2ccc(OC)cc2)C1c1ccc(OC)cc1OC. The highest BCUT2D eigenvalue weighted by Crippen LogP contribution is 2.43. The van der Waals surface area contributed by atoms with Crippen LogP contribution in [0.2, 0.25) is 0 Å². The molecule has 1 amide bonds. The number of unbranched alkanes of at least 4 members (excludes halogenated alkanes) is 1. The van der Waals surface area contributed by atoms with Gasteiger partial charge in [0.25, 0.3) is 11.7 Å². The van der Waals surface area contributed by atoms with Gasteiger partial charge in [0.1, 0.15) is 23.0 Å². The van der Waals surface area contributed by atoms with E-state index in [1.807, 2.05) is 6.92 Å². The molecule has 1 atom stereocenters. The molecule has 1 aliphatic rings. The maximum Gasteiger partial charge on any atom is 0.295 e. The number of aliphatic hydroxyl groups is 1. The van der Waals surface area contributed by atoms with Crippen LogP contribution >= 0.6 is 0 Å². The maximum absolute atomic E-state index is 13.0. The Labute approximate surface area is 181 Å². The zero-order valence-electron chi connectivity index (χ0n) is 18.2. The van der Waals surface area contributed by atoms with Crippen LogP contribution in [0.4, 0.5) is 0 Å². The second kappa shape index (κ2) is 9.55. The van der Waals surface area contributed by atoms with Crippen molar-refractivity contribution in [2.24, 2.45) is 0 Å². The molecule has 2 aromatic rings. The van der Waals surface area contributed by atoms with Gasteiger partial charge in [0, 0.05) is 23.7 Å². The van der Waals surface area contributed by atoms with Crippen molar-refractivity contribution < 1.29 is 28.9 Å². The Morgan fingerprint density at radius 2 is 1.61 bits per heavy atom. The van der Waals surface area contributed by atoms with Crippen LogP contribution in [-0.4, -0.2) is 49.6 Å². The van der Waals surface area contributed by atoms with Gasteiger partial charge in [-0.15, -0.1) is 0 Å². The third kappa shape index (κ3) is 4.21. The Kier molecular flexibility index (Phi) is 6.84. The van der Waals surface area contributed by atoms with E-state index in [0.717, 1.165) is 12.8 Å². The molecule has 0 aromatic heterocycles. The number of hydrogen-bond acceptors (Lipinski definition) is 6. The van der Waals surface area contributed by atoms with Crippen molar-refractivity contribution >= 4 is 17.4 Å². The zero-order valence-corrected chi connectivity index (χ0v) is 18.2. The Hall–Kier alpha value is -3.48. The topological polar surface area (TPSA) is 85.3 Å². The number of amides is 1. The minimum Gasteiger partial charge on any atom is -0.507 e. The summed E-state index contributed by atoms with van der Waals surface area (Å²) in [5.74, 6) is 0.0875. The third-order valence-corrected chi connectivity index (χ3v) is 5.39. The molecule has 3 rings (SSSR count). The molecule has 31 heavy (non-hydrogen) atoms. The first-order valence-electron chi connectivity index (χ1n) is 10.1. The zero-order chi connectivity index (χ0) is 22.5. The highest BCUT2D eigenvalue weighted by Gasteiger charge is 2.46. The van der Waals surface area contributed by atoms with Gasteiger partial charge in [0.2, 0.25) is 0 Å². The van der Waals surface area contributed by atoms with E-state index in [9.17, 15) is 14.7 Å². The molecule has 0 radical (unpaired) electrons. The van der Waals surface area contributed by atoms with Gasteiger partial charge in [-0.2, -0.15) is 0 Å². The number of aliphatic hydroxyl groups excluding tert-OH is 1. The summed E-state index contributed by atoms with van der Waals surface area (Å²) < 4.78 is 16.0. The molecule has 1 aliphatic heterocycles. The molecule has 1 N–H and O–H groups in total. The number of carbonyl (C=O) groups is 2. The van der Waals surface area contributed by atoms with E-state index in [1.165, 1.54) is 12.0 Å². The Morgan fingerprint density at radius 3 is 2.19 bits per heavy atom. The number of rotatable bonds is 8. The lowest BCUT2D eigenvalue weighted by atomic mass is 9.94. The summed E-state index contributed by atoms with van der Waals surface area (Å²) >= 11 is 0. The molecule has 1 heterocycles. The summed E-state index contributed by atoms with van der Waals surface area (Å²) in [6.07, 6.45) is 1.58. The molecule has 7 heteroatoms. The number of methoxy groups -OCH3 is 3. The van der Waals surface area contributed by atoms with Gasteiger partial charge in [-0.3, -0.25) is 9.59 Å². The fourth-order valence-electron chi connectivity index (χ4n) is 3.71. The predicted molar refractivity (Wildman–Crippen MR) is 116 cm³/mol. The van der Waals surface area contributed by atoms with Gasteiger partial charge in [-0.05, 0) is 42.8 Å². The van der Waals surface area contributed by atoms with Crippen molar-refractivity contribution in [1.82, 2.24) is 4.90 Å². The Balaban J connectivity index is 2.19. The van der Waals surface area contributed by atoms with E-state index in [1.54, 1.807) is 56.7 Å². The van der Waals surface area contributed by atoms with Crippen LogP contribution in [-0.2, 0) is 9.59 Å². The van der Waals surface area contributed by atoms with Crippen molar-refractivity contribution in [1.29, 1.82) is 0 Å². The fourth-order valence-corrected chi connectivity index (χ4v) is 3.71. The number of Topliss-reactive ketones (excluding diaryl/α,β-unsaturated/α-hetero) is 1. The molecular formula is C24H27NO6. The summed E-state index contributed by atoms with van der Waals surface area (Å²) in [5, 5.41) is 11.1. The average molecular weight is 425 g/mol. The fraction of sp³-hybridized carbons (Fsp3) is 0.333. The number of carbonyl (C=O) groups excluding carboxylic acids is 2. The molecule has 2 aromatic carbocycles. The molecule has 0 saturated carbocycles. The molecule has 0 bridgehead atoms. The summed E-state index contributed by atoms with van der Waals surface area (Å²) in [7, 11) is 4.61. The normalized spacial score (nSPS) is 17.7. The second-order valence-electron chi connectivity index (χ2n) is 7.18. The third-order valence-electron chi connectivity index (χ3n) is 5.39. The Morgan fingerprint density at radius 1 is 0.968 bits per heavy atom. The lowest BCUT2D eigenvalue weighted by Gasteiger charge is -2.26. The smallest absolute Gasteiger partial charge is 0.295 e. The van der Waals surface area contributed by atoms with E-state index in [2.05, 4.69) is 0 Å². The molecule has 0 spiro atoms. The van der Waals surface area contributed by atoms with E-state index < -0.39 is 17.7 Å². The van der Waals surface area contributed by atoms with Crippen molar-refractivity contribution in [3.05, 3.63) is 59.2 Å². The van der Waals surface area contributed by atoms with Gasteiger partial charge in [0.15, 0.2) is 0 Å². The van der Waals surface area contributed by atoms with Crippen LogP contribution < -0.4 is 14.2 Å². The van der Waals surface area contributed by atoms with E-state index >= 15 is 0 Å². The maximum atomic E-state index is 13.0. The van der Waals surface area contributed by atoms with Crippen LogP contribution in [0, 0.1) is 0 Å². The monoisotopic (exact) mass is 425 g/mol. The van der Waals surface area contributed by atoms with Gasteiger partial charge >= 0.3 is 0 Å². The van der Waals surface area contributed by atoms with Crippen LogP contribution in [0.3, 0.4) is 0 Å². The molecule has 0 aliphatic carbocycles. The first kappa shape index (κ1) is 22.2. The number of nitrogens with zero attached hydrogens (tertiary/aromatic N) is 1. The van der Waals surface area contributed by atoms with Gasteiger partial charge in [-0.1, -0.05) is 13.3 Å². The molecule has 1 fully saturated rings. The Bertz CT molecular complexity index is 996. The standard InChI is InChI=1S/C24H27NO6/c1-5-6-13-25-21(18-12-11-17(30-3)14-19(18)31-4)20(23(27)24(25)28)22(26)15-7-9-16(29-2)10-8-15/h7-12,14,21,26H,5-6,13H2,1-4H3/b22-20+. The summed E-state index contributed by atoms with van der Waals surface area (Å²) in [5.41, 5.74) is 1.06. The number of ketones is 1.